The van der Waals surface area contributed by atoms with Crippen LogP contribution >= 0.6 is 15.9 Å². The molecule has 2 aromatic carbocycles. The van der Waals surface area contributed by atoms with Crippen molar-refractivity contribution in [2.75, 3.05) is 19.8 Å². The van der Waals surface area contributed by atoms with Crippen molar-refractivity contribution in [1.29, 1.82) is 0 Å². The SMILES string of the molecule is CCOC(=O)COc1c(Br)cc(/C=C2/NC(=O)N(Cc3ccccc3F)C2=O)cc1OCC. The highest BCUT2D eigenvalue weighted by atomic mass is 79.9. The van der Waals surface area contributed by atoms with Crippen molar-refractivity contribution in [3.63, 3.8) is 0 Å². The van der Waals surface area contributed by atoms with E-state index in [0.29, 0.717) is 28.1 Å². The molecule has 3 rings (SSSR count). The summed E-state index contributed by atoms with van der Waals surface area (Å²) in [5.74, 6) is -0.968. The van der Waals surface area contributed by atoms with E-state index in [-0.39, 0.29) is 31.0 Å². The summed E-state index contributed by atoms with van der Waals surface area (Å²) in [4.78, 5) is 37.7. The van der Waals surface area contributed by atoms with E-state index in [2.05, 4.69) is 21.2 Å². The number of esters is 1. The van der Waals surface area contributed by atoms with Crippen LogP contribution in [-0.2, 0) is 20.9 Å². The molecule has 0 aromatic heterocycles. The maximum atomic E-state index is 14.0. The van der Waals surface area contributed by atoms with Crippen LogP contribution in [0, 0.1) is 5.82 Å². The number of imide groups is 1. The van der Waals surface area contributed by atoms with Crippen molar-refractivity contribution in [3.8, 4) is 11.5 Å². The zero-order valence-electron chi connectivity index (χ0n) is 18.0. The van der Waals surface area contributed by atoms with Crippen molar-refractivity contribution in [2.24, 2.45) is 0 Å². The summed E-state index contributed by atoms with van der Waals surface area (Å²) in [6.45, 7) is 3.56. The van der Waals surface area contributed by atoms with Gasteiger partial charge in [-0.2, -0.15) is 0 Å². The van der Waals surface area contributed by atoms with E-state index in [9.17, 15) is 18.8 Å². The Bertz CT molecular complexity index is 1100. The zero-order chi connectivity index (χ0) is 24.0. The molecule has 1 aliphatic rings. The topological polar surface area (TPSA) is 94.2 Å². The lowest BCUT2D eigenvalue weighted by molar-refractivity contribution is -0.145. The molecular weight excluding hydrogens is 499 g/mol. The maximum Gasteiger partial charge on any atom is 0.344 e. The first-order chi connectivity index (χ1) is 15.8. The van der Waals surface area contributed by atoms with Crippen molar-refractivity contribution < 1.29 is 33.0 Å². The Kier molecular flexibility index (Phi) is 8.05. The zero-order valence-corrected chi connectivity index (χ0v) is 19.6. The minimum atomic E-state index is -0.645. The normalized spacial score (nSPS) is 14.4. The van der Waals surface area contributed by atoms with Crippen LogP contribution in [0.2, 0.25) is 0 Å². The molecule has 0 saturated carbocycles. The molecule has 0 bridgehead atoms. The van der Waals surface area contributed by atoms with E-state index >= 15 is 0 Å². The molecule has 8 nitrogen and oxygen atoms in total. The Hall–Kier alpha value is -3.40. The molecule has 1 N–H and O–H groups in total. The van der Waals surface area contributed by atoms with Gasteiger partial charge in [0.15, 0.2) is 18.1 Å². The predicted molar refractivity (Wildman–Crippen MR) is 121 cm³/mol. The number of ether oxygens (including phenoxy) is 3. The highest BCUT2D eigenvalue weighted by Crippen LogP contribution is 2.37. The van der Waals surface area contributed by atoms with Crippen molar-refractivity contribution in [2.45, 2.75) is 20.4 Å². The third-order valence-corrected chi connectivity index (χ3v) is 5.12. The monoisotopic (exact) mass is 520 g/mol. The number of urea groups is 1. The van der Waals surface area contributed by atoms with Crippen LogP contribution in [0.25, 0.3) is 6.08 Å². The van der Waals surface area contributed by atoms with Crippen LogP contribution < -0.4 is 14.8 Å². The predicted octanol–water partition coefficient (Wildman–Crippen LogP) is 4.02. The standard InChI is InChI=1S/C23H22BrFN2O6/c1-3-31-19-11-14(9-16(24)21(19)33-13-20(28)32-4-2)10-18-22(29)27(23(30)26-18)12-15-7-5-6-8-17(15)25/h5-11H,3-4,12-13H2,1-2H3,(H,26,30)/b18-10+. The van der Waals surface area contributed by atoms with Gasteiger partial charge >= 0.3 is 12.0 Å². The third-order valence-electron chi connectivity index (χ3n) is 4.53. The maximum absolute atomic E-state index is 14.0. The molecule has 2 aromatic rings. The van der Waals surface area contributed by atoms with Gasteiger partial charge < -0.3 is 19.5 Å². The number of benzene rings is 2. The lowest BCUT2D eigenvalue weighted by atomic mass is 10.1. The quantitative estimate of drug-likeness (QED) is 0.305. The number of hydrogen-bond acceptors (Lipinski definition) is 6. The van der Waals surface area contributed by atoms with Crippen LogP contribution in [0.15, 0.2) is 46.6 Å². The van der Waals surface area contributed by atoms with Crippen LogP contribution in [0.4, 0.5) is 9.18 Å². The number of carbonyl (C=O) groups excluding carboxylic acids is 3. The fourth-order valence-corrected chi connectivity index (χ4v) is 3.66. The molecule has 1 aliphatic heterocycles. The minimum Gasteiger partial charge on any atom is -0.490 e. The van der Waals surface area contributed by atoms with Gasteiger partial charge in [-0.05, 0) is 59.6 Å². The molecular formula is C23H22BrFN2O6. The number of nitrogens with one attached hydrogen (secondary N) is 1. The van der Waals surface area contributed by atoms with E-state index in [1.54, 1.807) is 32.0 Å². The van der Waals surface area contributed by atoms with Gasteiger partial charge in [-0.25, -0.2) is 14.0 Å². The Morgan fingerprint density at radius 1 is 1.15 bits per heavy atom. The first kappa shape index (κ1) is 24.2. The van der Waals surface area contributed by atoms with Gasteiger partial charge in [-0.1, -0.05) is 18.2 Å². The van der Waals surface area contributed by atoms with Gasteiger partial charge in [0.25, 0.3) is 5.91 Å². The molecule has 174 valence electrons. The van der Waals surface area contributed by atoms with Crippen LogP contribution in [0.3, 0.4) is 0 Å². The second-order valence-electron chi connectivity index (χ2n) is 6.83. The average molecular weight is 521 g/mol. The van der Waals surface area contributed by atoms with Gasteiger partial charge in [-0.15, -0.1) is 0 Å². The molecule has 33 heavy (non-hydrogen) atoms. The van der Waals surface area contributed by atoms with Crippen molar-refractivity contribution >= 4 is 39.9 Å². The summed E-state index contributed by atoms with van der Waals surface area (Å²) < 4.78 is 30.5. The first-order valence-corrected chi connectivity index (χ1v) is 11.0. The van der Waals surface area contributed by atoms with Crippen LogP contribution in [0.1, 0.15) is 25.0 Å². The molecule has 0 spiro atoms. The summed E-state index contributed by atoms with van der Waals surface area (Å²) in [7, 11) is 0. The highest BCUT2D eigenvalue weighted by Gasteiger charge is 2.34. The number of halogens is 2. The van der Waals surface area contributed by atoms with E-state index in [4.69, 9.17) is 14.2 Å². The Morgan fingerprint density at radius 2 is 1.91 bits per heavy atom. The lowest BCUT2D eigenvalue weighted by Crippen LogP contribution is -2.30. The van der Waals surface area contributed by atoms with Gasteiger partial charge in [-0.3, -0.25) is 9.69 Å². The molecule has 0 unspecified atom stereocenters. The summed E-state index contributed by atoms with van der Waals surface area (Å²) in [5, 5.41) is 2.51. The lowest BCUT2D eigenvalue weighted by Gasteiger charge is -2.14. The second-order valence-corrected chi connectivity index (χ2v) is 7.68. The molecule has 1 heterocycles. The van der Waals surface area contributed by atoms with E-state index in [0.717, 1.165) is 4.90 Å². The van der Waals surface area contributed by atoms with E-state index in [1.807, 2.05) is 0 Å². The molecule has 0 atom stereocenters. The van der Waals surface area contributed by atoms with Crippen molar-refractivity contribution in [1.82, 2.24) is 10.2 Å². The number of amides is 3. The Balaban J connectivity index is 1.83. The van der Waals surface area contributed by atoms with Gasteiger partial charge in [0.2, 0.25) is 0 Å². The molecule has 0 aliphatic carbocycles. The molecule has 3 amide bonds. The van der Waals surface area contributed by atoms with Gasteiger partial charge in [0.1, 0.15) is 11.5 Å². The molecule has 10 heteroatoms. The largest absolute Gasteiger partial charge is 0.490 e. The number of nitrogens with zero attached hydrogens (tertiary/aromatic N) is 1. The second kappa shape index (κ2) is 11.0. The first-order valence-electron chi connectivity index (χ1n) is 10.2. The summed E-state index contributed by atoms with van der Waals surface area (Å²) >= 11 is 3.39. The van der Waals surface area contributed by atoms with Gasteiger partial charge in [0, 0.05) is 5.56 Å². The fraction of sp³-hybridized carbons (Fsp3) is 0.261. The van der Waals surface area contributed by atoms with Crippen LogP contribution in [0.5, 0.6) is 11.5 Å². The molecule has 0 radical (unpaired) electrons. The minimum absolute atomic E-state index is 0.0332. The molecule has 1 fully saturated rings. The Morgan fingerprint density at radius 3 is 2.61 bits per heavy atom. The summed E-state index contributed by atoms with van der Waals surface area (Å²) in [5.41, 5.74) is 0.794. The fourth-order valence-electron chi connectivity index (χ4n) is 3.09. The van der Waals surface area contributed by atoms with Crippen molar-refractivity contribution in [3.05, 3.63) is 63.5 Å². The number of rotatable bonds is 9. The average Bonchev–Trinajstić information content (AvgIpc) is 3.02. The number of hydrogen-bond donors (Lipinski definition) is 1. The number of carbonyl (C=O) groups is 3. The highest BCUT2D eigenvalue weighted by molar-refractivity contribution is 9.10. The smallest absolute Gasteiger partial charge is 0.344 e. The Labute approximate surface area is 198 Å². The summed E-state index contributed by atoms with van der Waals surface area (Å²) in [6.07, 6.45) is 1.48. The third kappa shape index (κ3) is 5.89. The molecule has 1 saturated heterocycles. The van der Waals surface area contributed by atoms with Gasteiger partial charge in [0.05, 0.1) is 24.2 Å². The summed E-state index contributed by atoms with van der Waals surface area (Å²) in [6, 6.07) is 8.56. The van der Waals surface area contributed by atoms with Crippen LogP contribution in [-0.4, -0.2) is 42.6 Å². The van der Waals surface area contributed by atoms with E-state index < -0.39 is 23.7 Å². The van der Waals surface area contributed by atoms with E-state index in [1.165, 1.54) is 24.3 Å².